The number of benzene rings is 1. The Morgan fingerprint density at radius 3 is 2.52 bits per heavy atom. The van der Waals surface area contributed by atoms with Crippen LogP contribution in [0.25, 0.3) is 0 Å². The molecule has 1 aromatic heterocycles. The van der Waals surface area contributed by atoms with Crippen LogP contribution in [0.3, 0.4) is 0 Å². The summed E-state index contributed by atoms with van der Waals surface area (Å²) in [6.45, 7) is 3.59. The first kappa shape index (κ1) is 14.8. The number of carboxylic acids is 1. The van der Waals surface area contributed by atoms with Gasteiger partial charge in [0, 0.05) is 11.9 Å². The van der Waals surface area contributed by atoms with Gasteiger partial charge in [0.05, 0.1) is 11.6 Å². The van der Waals surface area contributed by atoms with E-state index in [-0.39, 0.29) is 17.4 Å². The summed E-state index contributed by atoms with van der Waals surface area (Å²) in [4.78, 5) is 26.5. The van der Waals surface area contributed by atoms with Crippen molar-refractivity contribution in [2.75, 3.05) is 5.32 Å². The van der Waals surface area contributed by atoms with Gasteiger partial charge in [-0.25, -0.2) is 4.79 Å². The van der Waals surface area contributed by atoms with Gasteiger partial charge in [-0.3, -0.25) is 4.79 Å². The van der Waals surface area contributed by atoms with Crippen LogP contribution in [0.15, 0.2) is 36.5 Å². The Kier molecular flexibility index (Phi) is 4.42. The molecule has 2 aromatic rings. The van der Waals surface area contributed by atoms with Crippen LogP contribution in [0.1, 0.15) is 40.9 Å². The molecule has 3 N–H and O–H groups in total. The largest absolute Gasteiger partial charge is 0.478 e. The maximum atomic E-state index is 12.4. The molecule has 5 heteroatoms. The van der Waals surface area contributed by atoms with Crippen LogP contribution in [0.2, 0.25) is 0 Å². The molecular weight excluding hydrogens is 268 g/mol. The van der Waals surface area contributed by atoms with Crippen molar-refractivity contribution in [1.29, 1.82) is 0 Å². The molecule has 0 aliphatic rings. The highest BCUT2D eigenvalue weighted by Gasteiger charge is 2.22. The first-order valence-corrected chi connectivity index (χ1v) is 6.81. The smallest absolute Gasteiger partial charge is 0.339 e. The zero-order valence-electron chi connectivity index (χ0n) is 12.0. The molecule has 1 heterocycles. The highest BCUT2D eigenvalue weighted by molar-refractivity contribution is 6.03. The number of carbonyl (C=O) groups excluding carboxylic acids is 1. The average Bonchev–Trinajstić information content (AvgIpc) is 2.81. The second kappa shape index (κ2) is 6.26. The van der Waals surface area contributed by atoms with E-state index in [1.165, 1.54) is 6.20 Å². The second-order valence-electron chi connectivity index (χ2n) is 4.87. The van der Waals surface area contributed by atoms with Crippen molar-refractivity contribution in [2.45, 2.75) is 26.2 Å². The van der Waals surface area contributed by atoms with Crippen LogP contribution in [-0.4, -0.2) is 22.0 Å². The highest BCUT2D eigenvalue weighted by atomic mass is 16.4. The zero-order valence-corrected chi connectivity index (χ0v) is 12.0. The lowest BCUT2D eigenvalue weighted by Crippen LogP contribution is -2.21. The number of aryl methyl sites for hydroxylation is 1. The van der Waals surface area contributed by atoms with E-state index < -0.39 is 5.97 Å². The molecule has 0 radical (unpaired) electrons. The molecule has 1 amide bonds. The van der Waals surface area contributed by atoms with E-state index in [1.807, 2.05) is 37.3 Å². The molecule has 1 unspecified atom stereocenters. The fourth-order valence-corrected chi connectivity index (χ4v) is 2.38. The Hall–Kier alpha value is -2.56. The Balaban J connectivity index is 2.23. The fourth-order valence-electron chi connectivity index (χ4n) is 2.38. The minimum atomic E-state index is -1.06. The van der Waals surface area contributed by atoms with Gasteiger partial charge in [0.15, 0.2) is 0 Å². The SMILES string of the molecule is CCC(C(=O)Nc1c[nH]c(C)c1C(=O)O)c1ccccc1. The summed E-state index contributed by atoms with van der Waals surface area (Å²) < 4.78 is 0. The first-order chi connectivity index (χ1) is 10.0. The van der Waals surface area contributed by atoms with E-state index >= 15 is 0 Å². The fraction of sp³-hybridized carbons (Fsp3) is 0.250. The molecule has 2 rings (SSSR count). The Morgan fingerprint density at radius 1 is 1.29 bits per heavy atom. The number of hydrogen-bond acceptors (Lipinski definition) is 2. The Bertz CT molecular complexity index is 647. The summed E-state index contributed by atoms with van der Waals surface area (Å²) in [6.07, 6.45) is 2.15. The van der Waals surface area contributed by atoms with Crippen molar-refractivity contribution >= 4 is 17.6 Å². The second-order valence-corrected chi connectivity index (χ2v) is 4.87. The number of amides is 1. The standard InChI is InChI=1S/C16H18N2O3/c1-3-12(11-7-5-4-6-8-11)15(19)18-13-9-17-10(2)14(13)16(20)21/h4-9,12,17H,3H2,1-2H3,(H,18,19)(H,20,21). The number of anilines is 1. The molecule has 0 spiro atoms. The molecule has 5 nitrogen and oxygen atoms in total. The molecular formula is C16H18N2O3. The number of carboxylic acid groups (broad SMARTS) is 1. The topological polar surface area (TPSA) is 82.2 Å². The predicted molar refractivity (Wildman–Crippen MR) is 80.6 cm³/mol. The van der Waals surface area contributed by atoms with Gasteiger partial charge >= 0.3 is 5.97 Å². The molecule has 0 bridgehead atoms. The number of nitrogens with one attached hydrogen (secondary N) is 2. The average molecular weight is 286 g/mol. The zero-order chi connectivity index (χ0) is 15.4. The van der Waals surface area contributed by atoms with Gasteiger partial charge < -0.3 is 15.4 Å². The van der Waals surface area contributed by atoms with Crippen molar-refractivity contribution in [3.05, 3.63) is 53.3 Å². The monoisotopic (exact) mass is 286 g/mol. The molecule has 1 aromatic carbocycles. The van der Waals surface area contributed by atoms with Crippen molar-refractivity contribution in [3.63, 3.8) is 0 Å². The van der Waals surface area contributed by atoms with E-state index in [0.29, 0.717) is 17.8 Å². The number of hydrogen-bond donors (Lipinski definition) is 3. The van der Waals surface area contributed by atoms with Crippen LogP contribution in [0.4, 0.5) is 5.69 Å². The van der Waals surface area contributed by atoms with Crippen LogP contribution >= 0.6 is 0 Å². The van der Waals surface area contributed by atoms with E-state index in [0.717, 1.165) is 5.56 Å². The molecule has 0 saturated heterocycles. The van der Waals surface area contributed by atoms with Gasteiger partial charge in [0.2, 0.25) is 5.91 Å². The van der Waals surface area contributed by atoms with E-state index in [1.54, 1.807) is 6.92 Å². The summed E-state index contributed by atoms with van der Waals surface area (Å²) >= 11 is 0. The summed E-state index contributed by atoms with van der Waals surface area (Å²) in [5.74, 6) is -1.56. The minimum Gasteiger partial charge on any atom is -0.478 e. The van der Waals surface area contributed by atoms with Crippen LogP contribution in [0, 0.1) is 6.92 Å². The number of rotatable bonds is 5. The molecule has 110 valence electrons. The highest BCUT2D eigenvalue weighted by Crippen LogP contribution is 2.24. The third-order valence-electron chi connectivity index (χ3n) is 3.48. The maximum absolute atomic E-state index is 12.4. The number of carbonyl (C=O) groups is 2. The van der Waals surface area contributed by atoms with Gasteiger partial charge in [-0.2, -0.15) is 0 Å². The molecule has 0 fully saturated rings. The van der Waals surface area contributed by atoms with E-state index in [2.05, 4.69) is 10.3 Å². The molecule has 21 heavy (non-hydrogen) atoms. The van der Waals surface area contributed by atoms with Gasteiger partial charge in [0.1, 0.15) is 5.56 Å². The number of aromatic carboxylic acids is 1. The summed E-state index contributed by atoms with van der Waals surface area (Å²) in [7, 11) is 0. The molecule has 0 aliphatic carbocycles. The first-order valence-electron chi connectivity index (χ1n) is 6.81. The van der Waals surface area contributed by atoms with Crippen LogP contribution in [-0.2, 0) is 4.79 Å². The Morgan fingerprint density at radius 2 is 1.95 bits per heavy atom. The molecule has 0 aliphatic heterocycles. The maximum Gasteiger partial charge on any atom is 0.339 e. The third-order valence-corrected chi connectivity index (χ3v) is 3.48. The van der Waals surface area contributed by atoms with Crippen LogP contribution < -0.4 is 5.32 Å². The lowest BCUT2D eigenvalue weighted by molar-refractivity contribution is -0.117. The third kappa shape index (κ3) is 3.13. The number of H-pyrrole nitrogens is 1. The lowest BCUT2D eigenvalue weighted by Gasteiger charge is -2.15. The van der Waals surface area contributed by atoms with Gasteiger partial charge in [-0.1, -0.05) is 37.3 Å². The van der Waals surface area contributed by atoms with Crippen molar-refractivity contribution in [1.82, 2.24) is 4.98 Å². The Labute approximate surface area is 123 Å². The molecule has 0 saturated carbocycles. The summed E-state index contributed by atoms with van der Waals surface area (Å²) in [6, 6.07) is 9.46. The van der Waals surface area contributed by atoms with Crippen molar-refractivity contribution in [3.8, 4) is 0 Å². The lowest BCUT2D eigenvalue weighted by atomic mass is 9.95. The van der Waals surface area contributed by atoms with Gasteiger partial charge in [-0.05, 0) is 18.9 Å². The quantitative estimate of drug-likeness (QED) is 0.789. The normalized spacial score (nSPS) is 11.9. The van der Waals surface area contributed by atoms with Crippen LogP contribution in [0.5, 0.6) is 0 Å². The van der Waals surface area contributed by atoms with Gasteiger partial charge in [-0.15, -0.1) is 0 Å². The van der Waals surface area contributed by atoms with E-state index in [9.17, 15) is 14.7 Å². The van der Waals surface area contributed by atoms with Crippen molar-refractivity contribution < 1.29 is 14.7 Å². The van der Waals surface area contributed by atoms with Gasteiger partial charge in [0.25, 0.3) is 0 Å². The minimum absolute atomic E-state index is 0.103. The number of aromatic nitrogens is 1. The van der Waals surface area contributed by atoms with E-state index in [4.69, 9.17) is 0 Å². The summed E-state index contributed by atoms with van der Waals surface area (Å²) in [5.41, 5.74) is 1.85. The molecule has 1 atom stereocenters. The predicted octanol–water partition coefficient (Wildman–Crippen LogP) is 3.15. The number of aromatic amines is 1. The summed E-state index contributed by atoms with van der Waals surface area (Å²) in [5, 5.41) is 11.9. The van der Waals surface area contributed by atoms with Crippen molar-refractivity contribution in [2.24, 2.45) is 0 Å².